The molecule has 0 N–H and O–H groups in total. The number of nitrogens with zero attached hydrogens (tertiary/aromatic N) is 4. The number of benzene rings is 2. The fourth-order valence-electron chi connectivity index (χ4n) is 3.41. The Labute approximate surface area is 175 Å². The summed E-state index contributed by atoms with van der Waals surface area (Å²) in [5.41, 5.74) is 3.18. The molecule has 0 saturated carbocycles. The Morgan fingerprint density at radius 3 is 2.40 bits per heavy atom. The number of piperazine rings is 1. The average Bonchev–Trinajstić information content (AvgIpc) is 3.22. The van der Waals surface area contributed by atoms with E-state index in [1.165, 1.54) is 5.56 Å². The van der Waals surface area contributed by atoms with Crippen molar-refractivity contribution in [1.82, 2.24) is 9.88 Å². The molecule has 0 atom stereocenters. The van der Waals surface area contributed by atoms with E-state index >= 15 is 0 Å². The highest BCUT2D eigenvalue weighted by atomic mass is 16.4. The molecule has 0 spiro atoms. The summed E-state index contributed by atoms with van der Waals surface area (Å²) in [6.45, 7) is 4.34. The van der Waals surface area contributed by atoms with Crippen molar-refractivity contribution < 1.29 is 9.21 Å². The second-order valence-corrected chi connectivity index (χ2v) is 7.21. The van der Waals surface area contributed by atoms with Crippen LogP contribution in [0, 0.1) is 18.3 Å². The molecule has 1 aliphatic heterocycles. The fourth-order valence-corrected chi connectivity index (χ4v) is 3.41. The largest absolute Gasteiger partial charge is 0.420 e. The zero-order valence-corrected chi connectivity index (χ0v) is 16.8. The van der Waals surface area contributed by atoms with Crippen molar-refractivity contribution >= 4 is 23.9 Å². The van der Waals surface area contributed by atoms with Crippen LogP contribution in [0.15, 0.2) is 59.0 Å². The van der Waals surface area contributed by atoms with Crippen LogP contribution in [0.1, 0.15) is 33.1 Å². The van der Waals surface area contributed by atoms with Crippen molar-refractivity contribution in [2.24, 2.45) is 0 Å². The maximum atomic E-state index is 12.6. The van der Waals surface area contributed by atoms with Gasteiger partial charge >= 0.3 is 0 Å². The summed E-state index contributed by atoms with van der Waals surface area (Å²) >= 11 is 0. The lowest BCUT2D eigenvalue weighted by Gasteiger charge is -2.34. The molecule has 30 heavy (non-hydrogen) atoms. The normalized spacial score (nSPS) is 14.1. The van der Waals surface area contributed by atoms with E-state index in [2.05, 4.69) is 11.1 Å². The lowest BCUT2D eigenvalue weighted by Crippen LogP contribution is -2.48. The van der Waals surface area contributed by atoms with Gasteiger partial charge in [-0.15, -0.1) is 0 Å². The van der Waals surface area contributed by atoms with Gasteiger partial charge in [-0.25, -0.2) is 0 Å². The lowest BCUT2D eigenvalue weighted by atomic mass is 10.1. The van der Waals surface area contributed by atoms with Crippen molar-refractivity contribution in [3.05, 3.63) is 82.9 Å². The van der Waals surface area contributed by atoms with Gasteiger partial charge in [0, 0.05) is 37.8 Å². The molecular formula is C24H22N4O2. The molecule has 6 nitrogen and oxygen atoms in total. The van der Waals surface area contributed by atoms with E-state index in [4.69, 9.17) is 4.42 Å². The number of nitriles is 1. The van der Waals surface area contributed by atoms with Gasteiger partial charge in [0.15, 0.2) is 0 Å². The van der Waals surface area contributed by atoms with Crippen molar-refractivity contribution in [1.29, 1.82) is 5.26 Å². The average molecular weight is 398 g/mol. The van der Waals surface area contributed by atoms with Crippen LogP contribution in [0.4, 0.5) is 5.88 Å². The SMILES string of the molecule is Cc1ccc(C=Cc2nc(C#N)c(N3CCN(C(=O)c4ccccc4)CC3)o2)cc1. The Bertz CT molecular complexity index is 1090. The third-order valence-corrected chi connectivity index (χ3v) is 5.10. The molecule has 6 heteroatoms. The van der Waals surface area contributed by atoms with Crippen LogP contribution in [0.25, 0.3) is 12.2 Å². The summed E-state index contributed by atoms with van der Waals surface area (Å²) in [6, 6.07) is 19.5. The molecule has 1 aromatic heterocycles. The minimum atomic E-state index is 0.0232. The topological polar surface area (TPSA) is 73.4 Å². The first kappa shape index (κ1) is 19.5. The van der Waals surface area contributed by atoms with Crippen molar-refractivity contribution in [2.45, 2.75) is 6.92 Å². The highest BCUT2D eigenvalue weighted by Crippen LogP contribution is 2.24. The molecule has 1 amide bonds. The minimum absolute atomic E-state index is 0.0232. The Balaban J connectivity index is 1.44. The van der Waals surface area contributed by atoms with Gasteiger partial charge in [0.1, 0.15) is 6.07 Å². The standard InChI is InChI=1S/C24H22N4O2/c1-18-7-9-19(10-8-18)11-12-22-26-21(17-25)24(30-22)28-15-13-27(14-16-28)23(29)20-5-3-2-4-6-20/h2-12H,13-16H2,1H3. The first-order chi connectivity index (χ1) is 14.6. The van der Waals surface area contributed by atoms with Gasteiger partial charge in [0.05, 0.1) is 0 Å². The summed E-state index contributed by atoms with van der Waals surface area (Å²) in [5, 5.41) is 9.48. The van der Waals surface area contributed by atoms with Crippen molar-refractivity contribution in [3.63, 3.8) is 0 Å². The van der Waals surface area contributed by atoms with E-state index in [1.807, 2.05) is 77.4 Å². The Morgan fingerprint density at radius 1 is 1.03 bits per heavy atom. The molecular weight excluding hydrogens is 376 g/mol. The number of carbonyl (C=O) groups excluding carboxylic acids is 1. The van der Waals surface area contributed by atoms with Gasteiger partial charge in [0.2, 0.25) is 17.5 Å². The van der Waals surface area contributed by atoms with Gasteiger partial charge in [-0.1, -0.05) is 48.0 Å². The van der Waals surface area contributed by atoms with Crippen LogP contribution in [0.3, 0.4) is 0 Å². The molecule has 1 aliphatic rings. The molecule has 2 aromatic carbocycles. The number of rotatable bonds is 4. The molecule has 1 fully saturated rings. The fraction of sp³-hybridized carbons (Fsp3) is 0.208. The quantitative estimate of drug-likeness (QED) is 0.664. The van der Waals surface area contributed by atoms with Gasteiger partial charge in [-0.2, -0.15) is 10.2 Å². The zero-order valence-electron chi connectivity index (χ0n) is 16.8. The van der Waals surface area contributed by atoms with Gasteiger partial charge in [0.25, 0.3) is 5.91 Å². The lowest BCUT2D eigenvalue weighted by molar-refractivity contribution is 0.0745. The summed E-state index contributed by atoms with van der Waals surface area (Å²) in [6.07, 6.45) is 3.68. The number of aromatic nitrogens is 1. The minimum Gasteiger partial charge on any atom is -0.420 e. The van der Waals surface area contributed by atoms with Crippen LogP contribution in [-0.2, 0) is 0 Å². The summed E-state index contributed by atoms with van der Waals surface area (Å²) in [7, 11) is 0. The Kier molecular flexibility index (Phi) is 5.62. The third kappa shape index (κ3) is 4.26. The molecule has 150 valence electrons. The number of hydrogen-bond donors (Lipinski definition) is 0. The van der Waals surface area contributed by atoms with E-state index in [-0.39, 0.29) is 11.6 Å². The molecule has 4 rings (SSSR count). The first-order valence-electron chi connectivity index (χ1n) is 9.89. The highest BCUT2D eigenvalue weighted by Gasteiger charge is 2.26. The third-order valence-electron chi connectivity index (χ3n) is 5.10. The molecule has 2 heterocycles. The van der Waals surface area contributed by atoms with Crippen LogP contribution >= 0.6 is 0 Å². The number of anilines is 1. The first-order valence-corrected chi connectivity index (χ1v) is 9.89. The maximum Gasteiger partial charge on any atom is 0.253 e. The molecule has 1 saturated heterocycles. The van der Waals surface area contributed by atoms with Crippen LogP contribution in [0.2, 0.25) is 0 Å². The van der Waals surface area contributed by atoms with Gasteiger partial charge < -0.3 is 14.2 Å². The van der Waals surface area contributed by atoms with Crippen LogP contribution in [-0.4, -0.2) is 42.0 Å². The van der Waals surface area contributed by atoms with Crippen LogP contribution < -0.4 is 4.90 Å². The van der Waals surface area contributed by atoms with E-state index in [0.717, 1.165) is 5.56 Å². The van der Waals surface area contributed by atoms with E-state index < -0.39 is 0 Å². The smallest absolute Gasteiger partial charge is 0.253 e. The summed E-state index contributed by atoms with van der Waals surface area (Å²) < 4.78 is 5.87. The van der Waals surface area contributed by atoms with E-state index in [9.17, 15) is 10.1 Å². The Morgan fingerprint density at radius 2 is 1.73 bits per heavy atom. The monoisotopic (exact) mass is 398 g/mol. The van der Waals surface area contributed by atoms with Crippen molar-refractivity contribution in [3.8, 4) is 6.07 Å². The molecule has 0 radical (unpaired) electrons. The highest BCUT2D eigenvalue weighted by molar-refractivity contribution is 5.94. The van der Waals surface area contributed by atoms with Crippen LogP contribution in [0.5, 0.6) is 0 Å². The number of amides is 1. The second kappa shape index (κ2) is 8.66. The molecule has 0 unspecified atom stereocenters. The predicted octanol–water partition coefficient (Wildman–Crippen LogP) is 3.99. The van der Waals surface area contributed by atoms with Crippen molar-refractivity contribution in [2.75, 3.05) is 31.1 Å². The number of carbonyl (C=O) groups is 1. The summed E-state index contributed by atoms with van der Waals surface area (Å²) in [4.78, 5) is 20.7. The predicted molar refractivity (Wildman–Crippen MR) is 116 cm³/mol. The van der Waals surface area contributed by atoms with Gasteiger partial charge in [-0.3, -0.25) is 4.79 Å². The molecule has 0 aliphatic carbocycles. The number of hydrogen-bond acceptors (Lipinski definition) is 5. The molecule has 3 aromatic rings. The summed E-state index contributed by atoms with van der Waals surface area (Å²) in [5.74, 6) is 0.882. The van der Waals surface area contributed by atoms with E-state index in [1.54, 1.807) is 6.08 Å². The number of oxazole rings is 1. The Hall–Kier alpha value is -3.85. The maximum absolute atomic E-state index is 12.6. The van der Waals surface area contributed by atoms with Gasteiger partial charge in [-0.05, 0) is 30.7 Å². The van der Waals surface area contributed by atoms with E-state index in [0.29, 0.717) is 43.5 Å². The second-order valence-electron chi connectivity index (χ2n) is 7.21. The molecule has 0 bridgehead atoms. The zero-order chi connectivity index (χ0) is 20.9. The number of aryl methyl sites for hydroxylation is 1.